The fourth-order valence-corrected chi connectivity index (χ4v) is 4.94. The molecule has 3 aromatic rings. The molecule has 1 fully saturated rings. The van der Waals surface area contributed by atoms with Gasteiger partial charge in [0.25, 0.3) is 10.0 Å². The van der Waals surface area contributed by atoms with E-state index in [1.807, 2.05) is 30.0 Å². The molecular weight excluding hydrogens is 456 g/mol. The van der Waals surface area contributed by atoms with E-state index in [9.17, 15) is 13.2 Å². The Balaban J connectivity index is 1.63. The fourth-order valence-electron chi connectivity index (χ4n) is 3.93. The van der Waals surface area contributed by atoms with Crippen LogP contribution in [0.3, 0.4) is 0 Å². The van der Waals surface area contributed by atoms with Crippen LogP contribution in [-0.4, -0.2) is 50.7 Å². The number of ether oxygens (including phenoxy) is 2. The van der Waals surface area contributed by atoms with Gasteiger partial charge in [-0.2, -0.15) is 0 Å². The molecule has 0 saturated carbocycles. The quantitative estimate of drug-likeness (QED) is 0.483. The van der Waals surface area contributed by atoms with Crippen LogP contribution in [0.2, 0.25) is 0 Å². The molecule has 1 aliphatic heterocycles. The molecule has 0 amide bonds. The van der Waals surface area contributed by atoms with Gasteiger partial charge in [0.2, 0.25) is 0 Å². The van der Waals surface area contributed by atoms with Crippen LogP contribution in [0, 0.1) is 5.92 Å². The molecule has 10 heteroatoms. The molecule has 4 rings (SSSR count). The van der Waals surface area contributed by atoms with Gasteiger partial charge in [-0.05, 0) is 63.1 Å². The number of para-hydroxylation sites is 2. The van der Waals surface area contributed by atoms with E-state index in [-0.39, 0.29) is 22.6 Å². The van der Waals surface area contributed by atoms with Crippen LogP contribution in [0.4, 0.5) is 11.6 Å². The Morgan fingerprint density at radius 1 is 1.00 bits per heavy atom. The van der Waals surface area contributed by atoms with Crippen molar-refractivity contribution >= 4 is 38.7 Å². The van der Waals surface area contributed by atoms with E-state index in [1.165, 1.54) is 12.1 Å². The van der Waals surface area contributed by atoms with E-state index in [4.69, 9.17) is 14.5 Å². The lowest BCUT2D eigenvalue weighted by Gasteiger charge is -2.32. The molecule has 1 aromatic heterocycles. The van der Waals surface area contributed by atoms with Gasteiger partial charge in [0.15, 0.2) is 11.6 Å². The summed E-state index contributed by atoms with van der Waals surface area (Å²) in [6.07, 6.45) is 1.19. The highest BCUT2D eigenvalue weighted by Gasteiger charge is 2.29. The summed E-state index contributed by atoms with van der Waals surface area (Å²) in [6.45, 7) is 5.57. The van der Waals surface area contributed by atoms with Gasteiger partial charge in [0, 0.05) is 13.1 Å². The number of benzene rings is 2. The van der Waals surface area contributed by atoms with Gasteiger partial charge >= 0.3 is 5.97 Å². The van der Waals surface area contributed by atoms with Crippen molar-refractivity contribution in [3.63, 3.8) is 0 Å². The summed E-state index contributed by atoms with van der Waals surface area (Å²) in [4.78, 5) is 23.5. The number of hydrogen-bond donors (Lipinski definition) is 1. The lowest BCUT2D eigenvalue weighted by atomic mass is 9.97. The number of sulfonamides is 1. The first-order valence-corrected chi connectivity index (χ1v) is 12.8. The molecule has 0 radical (unpaired) electrons. The minimum absolute atomic E-state index is 0.0953. The number of fused-ring (bicyclic) bond motifs is 1. The monoisotopic (exact) mass is 484 g/mol. The summed E-state index contributed by atoms with van der Waals surface area (Å²) in [5.74, 6) is 0.826. The molecular formula is C24H28N4O5S. The Hall–Kier alpha value is -3.40. The van der Waals surface area contributed by atoms with E-state index in [0.717, 1.165) is 0 Å². The van der Waals surface area contributed by atoms with Gasteiger partial charge in [-0.3, -0.25) is 9.52 Å². The highest BCUT2D eigenvalue weighted by Crippen LogP contribution is 2.31. The van der Waals surface area contributed by atoms with Crippen LogP contribution in [0.15, 0.2) is 53.4 Å². The van der Waals surface area contributed by atoms with Crippen molar-refractivity contribution in [3.05, 3.63) is 48.5 Å². The Morgan fingerprint density at radius 3 is 2.26 bits per heavy atom. The van der Waals surface area contributed by atoms with Gasteiger partial charge < -0.3 is 14.4 Å². The predicted octanol–water partition coefficient (Wildman–Crippen LogP) is 3.61. The van der Waals surface area contributed by atoms with Crippen LogP contribution in [0.1, 0.15) is 26.7 Å². The van der Waals surface area contributed by atoms with E-state index in [0.29, 0.717) is 61.7 Å². The van der Waals surface area contributed by atoms with E-state index < -0.39 is 10.0 Å². The second-order valence-corrected chi connectivity index (χ2v) is 9.59. The second-order valence-electron chi connectivity index (χ2n) is 7.91. The van der Waals surface area contributed by atoms with Crippen molar-refractivity contribution in [2.24, 2.45) is 5.92 Å². The minimum Gasteiger partial charge on any atom is -0.494 e. The van der Waals surface area contributed by atoms with Gasteiger partial charge in [0.1, 0.15) is 5.75 Å². The van der Waals surface area contributed by atoms with E-state index in [2.05, 4.69) is 9.71 Å². The lowest BCUT2D eigenvalue weighted by molar-refractivity contribution is -0.148. The third-order valence-corrected chi connectivity index (χ3v) is 7.00. The largest absolute Gasteiger partial charge is 0.494 e. The summed E-state index contributed by atoms with van der Waals surface area (Å²) in [6, 6.07) is 13.5. The maximum Gasteiger partial charge on any atom is 0.309 e. The molecule has 2 heterocycles. The molecule has 180 valence electrons. The summed E-state index contributed by atoms with van der Waals surface area (Å²) in [7, 11) is -3.92. The molecule has 0 aliphatic carbocycles. The maximum atomic E-state index is 13.2. The first-order valence-electron chi connectivity index (χ1n) is 11.3. The number of piperidine rings is 1. The molecule has 9 nitrogen and oxygen atoms in total. The molecule has 2 aromatic carbocycles. The molecule has 34 heavy (non-hydrogen) atoms. The number of hydrogen-bond acceptors (Lipinski definition) is 8. The smallest absolute Gasteiger partial charge is 0.309 e. The number of esters is 1. The third kappa shape index (κ3) is 5.22. The van der Waals surface area contributed by atoms with Crippen molar-refractivity contribution in [2.75, 3.05) is 35.9 Å². The maximum absolute atomic E-state index is 13.2. The number of aromatic nitrogens is 2. The Kier molecular flexibility index (Phi) is 7.16. The molecule has 1 saturated heterocycles. The van der Waals surface area contributed by atoms with Crippen molar-refractivity contribution in [1.82, 2.24) is 9.97 Å². The molecule has 0 spiro atoms. The van der Waals surface area contributed by atoms with Crippen molar-refractivity contribution < 1.29 is 22.7 Å². The number of carbonyl (C=O) groups is 1. The minimum atomic E-state index is -3.92. The molecule has 0 unspecified atom stereocenters. The van der Waals surface area contributed by atoms with Crippen molar-refractivity contribution in [1.29, 1.82) is 0 Å². The number of anilines is 2. The molecule has 0 bridgehead atoms. The zero-order chi connectivity index (χ0) is 24.1. The first-order chi connectivity index (χ1) is 16.4. The van der Waals surface area contributed by atoms with Crippen LogP contribution in [-0.2, 0) is 19.6 Å². The van der Waals surface area contributed by atoms with E-state index in [1.54, 1.807) is 25.1 Å². The topological polar surface area (TPSA) is 111 Å². The van der Waals surface area contributed by atoms with Gasteiger partial charge in [-0.1, -0.05) is 12.1 Å². The normalized spacial score (nSPS) is 14.7. The average molecular weight is 485 g/mol. The molecule has 0 atom stereocenters. The summed E-state index contributed by atoms with van der Waals surface area (Å²) in [5, 5.41) is 0. The zero-order valence-electron chi connectivity index (χ0n) is 19.2. The standard InChI is InChI=1S/C24H28N4O5S/c1-3-32-18-9-11-19(12-10-18)34(30,31)27-22-23(26-21-8-6-5-7-20(21)25-22)28-15-13-17(14-16-28)24(29)33-4-2/h5-12,17H,3-4,13-16H2,1-2H3,(H,25,27). The lowest BCUT2D eigenvalue weighted by Crippen LogP contribution is -2.38. The van der Waals surface area contributed by atoms with Crippen molar-refractivity contribution in [2.45, 2.75) is 31.6 Å². The number of rotatable bonds is 8. The first kappa shape index (κ1) is 23.7. The Morgan fingerprint density at radius 2 is 1.65 bits per heavy atom. The summed E-state index contributed by atoms with van der Waals surface area (Å²) < 4.78 is 39.5. The Labute approximate surface area is 199 Å². The summed E-state index contributed by atoms with van der Waals surface area (Å²) in [5.41, 5.74) is 1.24. The number of carbonyl (C=O) groups excluding carboxylic acids is 1. The average Bonchev–Trinajstić information content (AvgIpc) is 2.84. The second kappa shape index (κ2) is 10.3. The van der Waals surface area contributed by atoms with Crippen molar-refractivity contribution in [3.8, 4) is 5.75 Å². The van der Waals surface area contributed by atoms with Crippen LogP contribution in [0.5, 0.6) is 5.75 Å². The number of nitrogens with one attached hydrogen (secondary N) is 1. The predicted molar refractivity (Wildman–Crippen MR) is 130 cm³/mol. The van der Waals surface area contributed by atoms with E-state index >= 15 is 0 Å². The SMILES string of the molecule is CCOC(=O)C1CCN(c2nc3ccccc3nc2NS(=O)(=O)c2ccc(OCC)cc2)CC1. The van der Waals surface area contributed by atoms with Crippen LogP contribution >= 0.6 is 0 Å². The van der Waals surface area contributed by atoms with Gasteiger partial charge in [-0.15, -0.1) is 0 Å². The molecule has 1 aliphatic rings. The van der Waals surface area contributed by atoms with Gasteiger partial charge in [-0.25, -0.2) is 18.4 Å². The van der Waals surface area contributed by atoms with Gasteiger partial charge in [0.05, 0.1) is 35.1 Å². The highest BCUT2D eigenvalue weighted by molar-refractivity contribution is 7.92. The highest BCUT2D eigenvalue weighted by atomic mass is 32.2. The molecule has 1 N–H and O–H groups in total. The number of nitrogens with zero attached hydrogens (tertiary/aromatic N) is 3. The fraction of sp³-hybridized carbons (Fsp3) is 0.375. The Bertz CT molecular complexity index is 1260. The summed E-state index contributed by atoms with van der Waals surface area (Å²) >= 11 is 0. The van der Waals surface area contributed by atoms with Crippen LogP contribution < -0.4 is 14.4 Å². The van der Waals surface area contributed by atoms with Crippen LogP contribution in [0.25, 0.3) is 11.0 Å². The zero-order valence-corrected chi connectivity index (χ0v) is 20.0. The third-order valence-electron chi connectivity index (χ3n) is 5.64.